The second-order valence-electron chi connectivity index (χ2n) is 4.91. The fourth-order valence-corrected chi connectivity index (χ4v) is 3.85. The maximum atomic E-state index is 12.3. The lowest BCUT2D eigenvalue weighted by Gasteiger charge is -2.40. The van der Waals surface area contributed by atoms with Crippen molar-refractivity contribution < 1.29 is 37.4 Å². The third kappa shape index (κ3) is 4.09. The molecular formula is C13H17BrO8S. The molecule has 10 heteroatoms. The van der Waals surface area contributed by atoms with E-state index >= 15 is 0 Å². The Morgan fingerprint density at radius 1 is 1.30 bits per heavy atom. The topological polar surface area (TPSA) is 123 Å². The van der Waals surface area contributed by atoms with Gasteiger partial charge in [0, 0.05) is 11.6 Å². The molecule has 1 aliphatic rings. The summed E-state index contributed by atoms with van der Waals surface area (Å²) in [6.07, 6.45) is -7.00. The lowest BCUT2D eigenvalue weighted by molar-refractivity contribution is -0.288. The summed E-state index contributed by atoms with van der Waals surface area (Å²) in [6.45, 7) is -0.566. The van der Waals surface area contributed by atoms with Crippen LogP contribution in [0.2, 0.25) is 0 Å². The van der Waals surface area contributed by atoms with Crippen LogP contribution in [-0.4, -0.2) is 68.2 Å². The number of ether oxygens (including phenoxy) is 2. The molecule has 1 heterocycles. The van der Waals surface area contributed by atoms with Gasteiger partial charge in [-0.3, -0.25) is 4.18 Å². The Morgan fingerprint density at radius 3 is 2.57 bits per heavy atom. The highest BCUT2D eigenvalue weighted by Crippen LogP contribution is 2.28. The number of hydrogen-bond donors (Lipinski definition) is 3. The van der Waals surface area contributed by atoms with Crippen LogP contribution < -0.4 is 0 Å². The lowest BCUT2D eigenvalue weighted by atomic mass is 9.99. The molecule has 0 spiro atoms. The van der Waals surface area contributed by atoms with Crippen LogP contribution in [0.3, 0.4) is 0 Å². The zero-order chi connectivity index (χ0) is 17.2. The van der Waals surface area contributed by atoms with Gasteiger partial charge in [-0.15, -0.1) is 0 Å². The van der Waals surface area contributed by atoms with Crippen LogP contribution in [0.1, 0.15) is 0 Å². The molecule has 0 radical (unpaired) electrons. The second kappa shape index (κ2) is 7.53. The molecule has 0 amide bonds. The van der Waals surface area contributed by atoms with Gasteiger partial charge in [0.2, 0.25) is 0 Å². The largest absolute Gasteiger partial charge is 0.394 e. The van der Waals surface area contributed by atoms with E-state index in [0.717, 1.165) is 0 Å². The fraction of sp³-hybridized carbons (Fsp3) is 0.538. The van der Waals surface area contributed by atoms with Crippen molar-refractivity contribution in [3.8, 4) is 0 Å². The van der Waals surface area contributed by atoms with Gasteiger partial charge in [0.1, 0.15) is 18.3 Å². The number of benzene rings is 1. The van der Waals surface area contributed by atoms with Gasteiger partial charge in [-0.2, -0.15) is 8.42 Å². The smallest absolute Gasteiger partial charge is 0.297 e. The molecule has 0 saturated carbocycles. The van der Waals surface area contributed by atoms with Gasteiger partial charge >= 0.3 is 0 Å². The summed E-state index contributed by atoms with van der Waals surface area (Å²) >= 11 is 3.16. The first-order chi connectivity index (χ1) is 10.8. The molecule has 0 bridgehead atoms. The maximum Gasteiger partial charge on any atom is 0.297 e. The molecule has 0 unspecified atom stereocenters. The lowest BCUT2D eigenvalue weighted by Crippen LogP contribution is -2.60. The Balaban J connectivity index is 2.26. The van der Waals surface area contributed by atoms with Crippen LogP contribution in [0.5, 0.6) is 0 Å². The molecule has 1 aromatic carbocycles. The van der Waals surface area contributed by atoms with Crippen molar-refractivity contribution in [3.63, 3.8) is 0 Å². The predicted octanol–water partition coefficient (Wildman–Crippen LogP) is -0.392. The van der Waals surface area contributed by atoms with E-state index in [1.54, 1.807) is 6.07 Å². The summed E-state index contributed by atoms with van der Waals surface area (Å²) in [7, 11) is -3.00. The molecule has 8 nitrogen and oxygen atoms in total. The molecular weight excluding hydrogens is 396 g/mol. The molecule has 130 valence electrons. The summed E-state index contributed by atoms with van der Waals surface area (Å²) in [6, 6.07) is 5.81. The molecule has 0 aromatic heterocycles. The summed E-state index contributed by atoms with van der Waals surface area (Å²) in [5.74, 6) is 0. The number of methoxy groups -OCH3 is 1. The molecule has 0 aliphatic carbocycles. The quantitative estimate of drug-likeness (QED) is 0.558. The minimum absolute atomic E-state index is 0.132. The van der Waals surface area contributed by atoms with Crippen LogP contribution in [0, 0.1) is 0 Å². The monoisotopic (exact) mass is 412 g/mol. The molecule has 23 heavy (non-hydrogen) atoms. The van der Waals surface area contributed by atoms with Crippen LogP contribution in [-0.2, 0) is 23.8 Å². The predicted molar refractivity (Wildman–Crippen MR) is 81.0 cm³/mol. The third-order valence-corrected chi connectivity index (χ3v) is 5.18. The summed E-state index contributed by atoms with van der Waals surface area (Å²) in [4.78, 5) is -0.132. The first kappa shape index (κ1) is 18.7. The zero-order valence-electron chi connectivity index (χ0n) is 12.1. The van der Waals surface area contributed by atoms with Gasteiger partial charge in [-0.25, -0.2) is 0 Å². The molecule has 5 atom stereocenters. The first-order valence-corrected chi connectivity index (χ1v) is 8.84. The van der Waals surface area contributed by atoms with Crippen molar-refractivity contribution >= 4 is 26.0 Å². The Labute approximate surface area is 141 Å². The van der Waals surface area contributed by atoms with Crippen molar-refractivity contribution in [1.29, 1.82) is 0 Å². The normalized spacial score (nSPS) is 32.0. The molecule has 1 fully saturated rings. The fourth-order valence-electron chi connectivity index (χ4n) is 2.17. The molecule has 1 saturated heterocycles. The molecule has 1 aliphatic heterocycles. The Bertz CT molecular complexity index is 635. The van der Waals surface area contributed by atoms with E-state index in [0.29, 0.717) is 4.47 Å². The van der Waals surface area contributed by atoms with Gasteiger partial charge in [0.25, 0.3) is 10.1 Å². The van der Waals surface area contributed by atoms with Crippen LogP contribution in [0.4, 0.5) is 0 Å². The van der Waals surface area contributed by atoms with Gasteiger partial charge in [0.05, 0.1) is 11.5 Å². The van der Waals surface area contributed by atoms with Crippen molar-refractivity contribution in [1.82, 2.24) is 0 Å². The Hall–Kier alpha value is -0.590. The molecule has 3 N–H and O–H groups in total. The third-order valence-electron chi connectivity index (χ3n) is 3.38. The van der Waals surface area contributed by atoms with Crippen LogP contribution in [0.15, 0.2) is 33.6 Å². The first-order valence-electron chi connectivity index (χ1n) is 6.64. The standard InChI is InChI=1S/C13H17BrO8S/c1-20-13-12(11(17)10(16)9(6-15)21-13)22-23(18,19)8-4-2-3-7(14)5-8/h2-5,9-13,15-17H,6H2,1H3/t9-,10-,11+,12-,13+/m1/s1. The van der Waals surface area contributed by atoms with Crippen LogP contribution in [0.25, 0.3) is 0 Å². The summed E-state index contributed by atoms with van der Waals surface area (Å²) in [5.41, 5.74) is 0. The van der Waals surface area contributed by atoms with Crippen LogP contribution >= 0.6 is 15.9 Å². The minimum atomic E-state index is -4.23. The summed E-state index contributed by atoms with van der Waals surface area (Å²) in [5, 5.41) is 29.0. The highest BCUT2D eigenvalue weighted by Gasteiger charge is 2.47. The van der Waals surface area contributed by atoms with E-state index in [2.05, 4.69) is 15.9 Å². The highest BCUT2D eigenvalue weighted by atomic mass is 79.9. The van der Waals surface area contributed by atoms with E-state index in [1.807, 2.05) is 0 Å². The van der Waals surface area contributed by atoms with E-state index in [1.165, 1.54) is 25.3 Å². The van der Waals surface area contributed by atoms with Crippen molar-refractivity contribution in [2.24, 2.45) is 0 Å². The highest BCUT2D eigenvalue weighted by molar-refractivity contribution is 9.10. The SMILES string of the molecule is CO[C@H]1O[C@H](CO)[C@@H](O)[C@H](O)[C@H]1OS(=O)(=O)c1cccc(Br)c1. The average molecular weight is 413 g/mol. The number of halogens is 1. The summed E-state index contributed by atoms with van der Waals surface area (Å²) < 4.78 is 40.3. The van der Waals surface area contributed by atoms with Gasteiger partial charge in [-0.05, 0) is 18.2 Å². The van der Waals surface area contributed by atoms with E-state index in [-0.39, 0.29) is 4.90 Å². The molecule has 2 rings (SSSR count). The number of aliphatic hydroxyl groups excluding tert-OH is 3. The van der Waals surface area contributed by atoms with Gasteiger partial charge in [0.15, 0.2) is 12.4 Å². The van der Waals surface area contributed by atoms with Crippen molar-refractivity contribution in [3.05, 3.63) is 28.7 Å². The van der Waals surface area contributed by atoms with E-state index in [9.17, 15) is 18.6 Å². The van der Waals surface area contributed by atoms with Crippen molar-refractivity contribution in [2.75, 3.05) is 13.7 Å². The zero-order valence-corrected chi connectivity index (χ0v) is 14.5. The molecule has 1 aromatic rings. The van der Waals surface area contributed by atoms with Gasteiger partial charge in [-0.1, -0.05) is 22.0 Å². The van der Waals surface area contributed by atoms with Gasteiger partial charge < -0.3 is 24.8 Å². The minimum Gasteiger partial charge on any atom is -0.394 e. The van der Waals surface area contributed by atoms with E-state index < -0.39 is 47.4 Å². The second-order valence-corrected chi connectivity index (χ2v) is 7.40. The number of hydrogen-bond acceptors (Lipinski definition) is 8. The number of aliphatic hydroxyl groups is 3. The Morgan fingerprint density at radius 2 is 2.00 bits per heavy atom. The maximum absolute atomic E-state index is 12.3. The average Bonchev–Trinajstić information content (AvgIpc) is 2.52. The Kier molecular flexibility index (Phi) is 6.14. The van der Waals surface area contributed by atoms with Crippen molar-refractivity contribution in [2.45, 2.75) is 35.6 Å². The number of rotatable bonds is 5. The van der Waals surface area contributed by atoms with E-state index in [4.69, 9.17) is 18.8 Å².